The quantitative estimate of drug-likeness (QED) is 0.402. The van der Waals surface area contributed by atoms with Gasteiger partial charge in [0.15, 0.2) is 7.83 Å². The van der Waals surface area contributed by atoms with E-state index >= 15 is 0 Å². The van der Waals surface area contributed by atoms with Gasteiger partial charge in [0.05, 0.1) is 26.4 Å². The van der Waals surface area contributed by atoms with Gasteiger partial charge in [0.2, 0.25) is 0 Å². The van der Waals surface area contributed by atoms with E-state index in [0.29, 0.717) is 5.57 Å². The van der Waals surface area contributed by atoms with Crippen LogP contribution < -0.4 is 0 Å². The van der Waals surface area contributed by atoms with Crippen LogP contribution in [0, 0.1) is 0 Å². The van der Waals surface area contributed by atoms with E-state index in [2.05, 4.69) is 39.7 Å². The summed E-state index contributed by atoms with van der Waals surface area (Å²) in [7, 11) is -2.90. The summed E-state index contributed by atoms with van der Waals surface area (Å²) < 4.78 is 17.3. The Hall–Kier alpha value is -0.476. The molecule has 3 unspecified atom stereocenters. The predicted molar refractivity (Wildman–Crippen MR) is 101 cm³/mol. The van der Waals surface area contributed by atoms with Crippen molar-refractivity contribution in [3.05, 3.63) is 12.2 Å². The molecule has 140 valence electrons. The standard InChI is InChI=1S/C17H34O5Si2/c1-8-15(16-9-10-23(4,5)24(6,7)22-16)20-11-14(18)12-21-17(19)13(2)3/h14-16,18H,2,8-12H2,1,3-7H3. The summed E-state index contributed by atoms with van der Waals surface area (Å²) in [5.74, 6) is -0.489. The molecule has 0 aliphatic carbocycles. The van der Waals surface area contributed by atoms with Crippen LogP contribution in [0.1, 0.15) is 26.7 Å². The third-order valence-corrected chi connectivity index (χ3v) is 21.8. The summed E-state index contributed by atoms with van der Waals surface area (Å²) in [4.78, 5) is 11.3. The molecule has 3 atom stereocenters. The predicted octanol–water partition coefficient (Wildman–Crippen LogP) is 3.04. The third kappa shape index (κ3) is 5.80. The van der Waals surface area contributed by atoms with Crippen molar-refractivity contribution in [1.82, 2.24) is 0 Å². The zero-order chi connectivity index (χ0) is 18.5. The molecular weight excluding hydrogens is 340 g/mol. The van der Waals surface area contributed by atoms with Gasteiger partial charge in [0.1, 0.15) is 12.7 Å². The highest BCUT2D eigenvalue weighted by atomic mass is 29.3. The van der Waals surface area contributed by atoms with E-state index in [9.17, 15) is 9.90 Å². The minimum atomic E-state index is -1.64. The molecule has 0 aromatic heterocycles. The van der Waals surface area contributed by atoms with Gasteiger partial charge in [-0.15, -0.1) is 0 Å². The van der Waals surface area contributed by atoms with Gasteiger partial charge in [-0.1, -0.05) is 32.6 Å². The van der Waals surface area contributed by atoms with E-state index in [1.807, 2.05) is 0 Å². The molecule has 1 saturated heterocycles. The van der Waals surface area contributed by atoms with Gasteiger partial charge in [-0.05, 0) is 32.9 Å². The maximum Gasteiger partial charge on any atom is 0.333 e. The number of hydrogen-bond acceptors (Lipinski definition) is 5. The van der Waals surface area contributed by atoms with Crippen molar-refractivity contribution in [2.75, 3.05) is 13.2 Å². The third-order valence-electron chi connectivity index (χ3n) is 5.20. The summed E-state index contributed by atoms with van der Waals surface area (Å²) in [5.41, 5.74) is 0.323. The fourth-order valence-electron chi connectivity index (χ4n) is 2.73. The van der Waals surface area contributed by atoms with Crippen LogP contribution in [0.2, 0.25) is 32.2 Å². The molecule has 1 aliphatic heterocycles. The number of aliphatic hydroxyl groups is 1. The molecule has 24 heavy (non-hydrogen) atoms. The molecule has 0 saturated carbocycles. The number of carbonyl (C=O) groups is 1. The second-order valence-electron chi connectivity index (χ2n) is 7.90. The van der Waals surface area contributed by atoms with Gasteiger partial charge in [0, 0.05) is 5.57 Å². The monoisotopic (exact) mass is 374 g/mol. The van der Waals surface area contributed by atoms with Gasteiger partial charge in [-0.2, -0.15) is 0 Å². The summed E-state index contributed by atoms with van der Waals surface area (Å²) in [6.07, 6.45) is 1.14. The Morgan fingerprint density at radius 2 is 1.96 bits per heavy atom. The Morgan fingerprint density at radius 1 is 1.33 bits per heavy atom. The molecule has 0 aromatic rings. The van der Waals surface area contributed by atoms with Gasteiger partial charge in [0.25, 0.3) is 0 Å². The van der Waals surface area contributed by atoms with Crippen LogP contribution in [0.15, 0.2) is 12.2 Å². The Balaban J connectivity index is 2.48. The SMILES string of the molecule is C=C(C)C(=O)OCC(O)COC(CC)C1CC[Si](C)(C)[Si](C)(C)O1. The Bertz CT molecular complexity index is 450. The van der Waals surface area contributed by atoms with Crippen LogP contribution in [0.25, 0.3) is 0 Å². The average molecular weight is 375 g/mol. The number of aliphatic hydroxyl groups excluding tert-OH is 1. The first-order chi connectivity index (χ1) is 11.0. The molecule has 5 nitrogen and oxygen atoms in total. The number of rotatable bonds is 8. The summed E-state index contributed by atoms with van der Waals surface area (Å²) >= 11 is 0. The van der Waals surface area contributed by atoms with Crippen LogP contribution >= 0.6 is 0 Å². The lowest BCUT2D eigenvalue weighted by atomic mass is 10.1. The smallest absolute Gasteiger partial charge is 0.333 e. The van der Waals surface area contributed by atoms with Crippen LogP contribution in [-0.2, 0) is 18.7 Å². The zero-order valence-electron chi connectivity index (χ0n) is 16.1. The maximum atomic E-state index is 11.3. The van der Waals surface area contributed by atoms with Crippen molar-refractivity contribution in [1.29, 1.82) is 0 Å². The second kappa shape index (κ2) is 8.75. The van der Waals surface area contributed by atoms with Gasteiger partial charge in [-0.25, -0.2) is 4.79 Å². The number of carbonyl (C=O) groups excluding carboxylic acids is 1. The van der Waals surface area contributed by atoms with Crippen molar-refractivity contribution in [3.8, 4) is 0 Å². The number of esters is 1. The zero-order valence-corrected chi connectivity index (χ0v) is 18.1. The number of hydrogen-bond donors (Lipinski definition) is 1. The topological polar surface area (TPSA) is 65.0 Å². The van der Waals surface area contributed by atoms with E-state index in [-0.39, 0.29) is 25.4 Å². The Morgan fingerprint density at radius 3 is 2.46 bits per heavy atom. The normalized spacial score (nSPS) is 24.9. The van der Waals surface area contributed by atoms with Crippen LogP contribution in [-0.4, -0.2) is 58.0 Å². The molecule has 1 aliphatic rings. The van der Waals surface area contributed by atoms with Gasteiger partial charge in [-0.3, -0.25) is 0 Å². The van der Waals surface area contributed by atoms with Crippen molar-refractivity contribution < 1.29 is 23.8 Å². The summed E-state index contributed by atoms with van der Waals surface area (Å²) in [6, 6.07) is 1.27. The van der Waals surface area contributed by atoms with Crippen LogP contribution in [0.5, 0.6) is 0 Å². The first-order valence-electron chi connectivity index (χ1n) is 8.80. The van der Waals surface area contributed by atoms with Crippen LogP contribution in [0.3, 0.4) is 0 Å². The average Bonchev–Trinajstić information content (AvgIpc) is 2.48. The van der Waals surface area contributed by atoms with Gasteiger partial charge >= 0.3 is 5.97 Å². The van der Waals surface area contributed by atoms with Crippen molar-refractivity contribution >= 4 is 21.4 Å². The lowest BCUT2D eigenvalue weighted by Crippen LogP contribution is -2.63. The molecule has 1 heterocycles. The fourth-order valence-corrected chi connectivity index (χ4v) is 9.33. The van der Waals surface area contributed by atoms with Crippen molar-refractivity contribution in [3.63, 3.8) is 0 Å². The molecule has 0 radical (unpaired) electrons. The second-order valence-corrected chi connectivity index (χ2v) is 23.1. The largest absolute Gasteiger partial charge is 0.460 e. The molecule has 7 heteroatoms. The highest BCUT2D eigenvalue weighted by Crippen LogP contribution is 2.35. The van der Waals surface area contributed by atoms with E-state index in [1.165, 1.54) is 6.04 Å². The molecule has 1 N–H and O–H groups in total. The first kappa shape index (κ1) is 21.6. The van der Waals surface area contributed by atoms with Crippen LogP contribution in [0.4, 0.5) is 0 Å². The van der Waals surface area contributed by atoms with E-state index in [0.717, 1.165) is 12.8 Å². The summed E-state index contributed by atoms with van der Waals surface area (Å²) in [5, 5.41) is 9.95. The number of ether oxygens (including phenoxy) is 2. The molecule has 1 rings (SSSR count). The lowest BCUT2D eigenvalue weighted by molar-refractivity contribution is -0.144. The van der Waals surface area contributed by atoms with E-state index < -0.39 is 27.5 Å². The van der Waals surface area contributed by atoms with Gasteiger partial charge < -0.3 is 19.0 Å². The molecule has 1 fully saturated rings. The highest BCUT2D eigenvalue weighted by molar-refractivity contribution is 7.38. The Labute approximate surface area is 148 Å². The van der Waals surface area contributed by atoms with E-state index in [1.54, 1.807) is 6.92 Å². The molecule has 0 spiro atoms. The Kier molecular flexibility index (Phi) is 7.87. The first-order valence-corrected chi connectivity index (χ1v) is 15.9. The molecule has 0 amide bonds. The van der Waals surface area contributed by atoms with E-state index in [4.69, 9.17) is 13.9 Å². The summed E-state index contributed by atoms with van der Waals surface area (Å²) in [6.45, 7) is 16.7. The molecular formula is C17H34O5Si2. The fraction of sp³-hybridized carbons (Fsp3) is 0.824. The lowest BCUT2D eigenvalue weighted by Gasteiger charge is -2.47. The minimum absolute atomic E-state index is 0.0200. The van der Waals surface area contributed by atoms with Crippen molar-refractivity contribution in [2.24, 2.45) is 0 Å². The molecule has 0 aromatic carbocycles. The highest BCUT2D eigenvalue weighted by Gasteiger charge is 2.49. The minimum Gasteiger partial charge on any atom is -0.460 e. The van der Waals surface area contributed by atoms with Crippen molar-refractivity contribution in [2.45, 2.75) is 77.2 Å². The molecule has 0 bridgehead atoms. The maximum absolute atomic E-state index is 11.3.